The van der Waals surface area contributed by atoms with Crippen molar-refractivity contribution >= 4 is 11.6 Å². The molecule has 0 spiro atoms. The van der Waals surface area contributed by atoms with Gasteiger partial charge in [-0.3, -0.25) is 0 Å². The molecule has 0 unspecified atom stereocenters. The van der Waals surface area contributed by atoms with Gasteiger partial charge in [-0.15, -0.1) is 11.6 Å². The molecular weight excluding hydrogens is 248 g/mol. The van der Waals surface area contributed by atoms with Crippen LogP contribution in [0.5, 0.6) is 17.2 Å². The first-order chi connectivity index (χ1) is 8.72. The Morgan fingerprint density at radius 2 is 1.67 bits per heavy atom. The van der Waals surface area contributed by atoms with Crippen LogP contribution in [-0.2, 0) is 5.88 Å². The fourth-order valence-electron chi connectivity index (χ4n) is 1.65. The number of alkyl halides is 1. The predicted octanol–water partition coefficient (Wildman–Crippen LogP) is 4.53. The van der Waals surface area contributed by atoms with Crippen LogP contribution in [0.25, 0.3) is 0 Å². The summed E-state index contributed by atoms with van der Waals surface area (Å²) in [5, 5.41) is 0. The summed E-state index contributed by atoms with van der Waals surface area (Å²) < 4.78 is 11.0. The molecule has 94 valence electrons. The minimum atomic E-state index is 0.513. The van der Waals surface area contributed by atoms with Crippen molar-refractivity contribution in [1.29, 1.82) is 0 Å². The maximum Gasteiger partial charge on any atom is 0.131 e. The zero-order valence-electron chi connectivity index (χ0n) is 10.4. The Kier molecular flexibility index (Phi) is 4.11. The summed E-state index contributed by atoms with van der Waals surface area (Å²) in [5.74, 6) is 2.88. The third-order valence-corrected chi connectivity index (χ3v) is 3.00. The molecule has 3 heteroatoms. The SMILES string of the molecule is COc1cc(Oc2ccc(CCl)cc2)ccc1C. The first-order valence-electron chi connectivity index (χ1n) is 5.70. The normalized spacial score (nSPS) is 10.2. The molecule has 2 aromatic rings. The Bertz CT molecular complexity index is 521. The van der Waals surface area contributed by atoms with Crippen molar-refractivity contribution in [2.75, 3.05) is 7.11 Å². The molecule has 0 atom stereocenters. The van der Waals surface area contributed by atoms with E-state index in [1.54, 1.807) is 7.11 Å². The molecule has 0 N–H and O–H groups in total. The van der Waals surface area contributed by atoms with Crippen LogP contribution in [0, 0.1) is 6.92 Å². The van der Waals surface area contributed by atoms with E-state index in [4.69, 9.17) is 21.1 Å². The minimum Gasteiger partial charge on any atom is -0.496 e. The lowest BCUT2D eigenvalue weighted by Crippen LogP contribution is -1.89. The van der Waals surface area contributed by atoms with Gasteiger partial charge >= 0.3 is 0 Å². The largest absolute Gasteiger partial charge is 0.496 e. The highest BCUT2D eigenvalue weighted by atomic mass is 35.5. The summed E-state index contributed by atoms with van der Waals surface area (Å²) in [7, 11) is 1.65. The first kappa shape index (κ1) is 12.8. The van der Waals surface area contributed by atoms with Gasteiger partial charge in [0.05, 0.1) is 7.11 Å². The van der Waals surface area contributed by atoms with E-state index in [2.05, 4.69) is 0 Å². The van der Waals surface area contributed by atoms with E-state index in [1.165, 1.54) is 0 Å². The molecule has 0 fully saturated rings. The highest BCUT2D eigenvalue weighted by Crippen LogP contribution is 2.28. The summed E-state index contributed by atoms with van der Waals surface area (Å²) in [6.45, 7) is 2.00. The van der Waals surface area contributed by atoms with Crippen LogP contribution in [0.4, 0.5) is 0 Å². The van der Waals surface area contributed by atoms with Gasteiger partial charge in [-0.05, 0) is 36.2 Å². The summed E-state index contributed by atoms with van der Waals surface area (Å²) in [5.41, 5.74) is 2.16. The molecule has 0 amide bonds. The van der Waals surface area contributed by atoms with E-state index in [0.717, 1.165) is 28.4 Å². The second-order valence-corrected chi connectivity index (χ2v) is 4.28. The summed E-state index contributed by atoms with van der Waals surface area (Å²) in [6, 6.07) is 13.5. The van der Waals surface area contributed by atoms with Crippen molar-refractivity contribution in [3.63, 3.8) is 0 Å². The van der Waals surface area contributed by atoms with Gasteiger partial charge in [0.2, 0.25) is 0 Å². The topological polar surface area (TPSA) is 18.5 Å². The van der Waals surface area contributed by atoms with Gasteiger partial charge in [-0.2, -0.15) is 0 Å². The van der Waals surface area contributed by atoms with Crippen molar-refractivity contribution in [3.8, 4) is 17.2 Å². The van der Waals surface area contributed by atoms with Gasteiger partial charge in [-0.1, -0.05) is 18.2 Å². The van der Waals surface area contributed by atoms with Crippen molar-refractivity contribution < 1.29 is 9.47 Å². The maximum atomic E-state index is 5.75. The molecule has 0 saturated heterocycles. The molecule has 18 heavy (non-hydrogen) atoms. The van der Waals surface area contributed by atoms with E-state index < -0.39 is 0 Å². The zero-order valence-corrected chi connectivity index (χ0v) is 11.2. The van der Waals surface area contributed by atoms with Gasteiger partial charge in [-0.25, -0.2) is 0 Å². The molecule has 2 aromatic carbocycles. The fourth-order valence-corrected chi connectivity index (χ4v) is 1.82. The van der Waals surface area contributed by atoms with Gasteiger partial charge in [0.25, 0.3) is 0 Å². The van der Waals surface area contributed by atoms with Crippen molar-refractivity contribution in [1.82, 2.24) is 0 Å². The van der Waals surface area contributed by atoms with Crippen molar-refractivity contribution in [2.24, 2.45) is 0 Å². The number of hydrogen-bond donors (Lipinski definition) is 0. The summed E-state index contributed by atoms with van der Waals surface area (Å²) >= 11 is 5.74. The molecule has 0 aromatic heterocycles. The fraction of sp³-hybridized carbons (Fsp3) is 0.200. The number of rotatable bonds is 4. The number of aryl methyl sites for hydroxylation is 1. The average molecular weight is 263 g/mol. The van der Waals surface area contributed by atoms with Gasteiger partial charge < -0.3 is 9.47 Å². The lowest BCUT2D eigenvalue weighted by Gasteiger charge is -2.09. The van der Waals surface area contributed by atoms with Crippen LogP contribution in [-0.4, -0.2) is 7.11 Å². The molecule has 0 saturated carbocycles. The van der Waals surface area contributed by atoms with Crippen LogP contribution >= 0.6 is 11.6 Å². The molecule has 0 heterocycles. The van der Waals surface area contributed by atoms with E-state index in [-0.39, 0.29) is 0 Å². The minimum absolute atomic E-state index is 0.513. The van der Waals surface area contributed by atoms with Gasteiger partial charge in [0.1, 0.15) is 17.2 Å². The Hall–Kier alpha value is -1.67. The van der Waals surface area contributed by atoms with Gasteiger partial charge in [0, 0.05) is 11.9 Å². The van der Waals surface area contributed by atoms with Crippen LogP contribution in [0.2, 0.25) is 0 Å². The van der Waals surface area contributed by atoms with E-state index in [0.29, 0.717) is 5.88 Å². The van der Waals surface area contributed by atoms with Crippen LogP contribution < -0.4 is 9.47 Å². The molecular formula is C15H15ClO2. The summed E-state index contributed by atoms with van der Waals surface area (Å²) in [6.07, 6.45) is 0. The summed E-state index contributed by atoms with van der Waals surface area (Å²) in [4.78, 5) is 0. The first-order valence-corrected chi connectivity index (χ1v) is 6.24. The van der Waals surface area contributed by atoms with Crippen LogP contribution in [0.1, 0.15) is 11.1 Å². The Labute approximate surface area is 112 Å². The van der Waals surface area contributed by atoms with Crippen molar-refractivity contribution in [3.05, 3.63) is 53.6 Å². The molecule has 0 aliphatic rings. The smallest absolute Gasteiger partial charge is 0.131 e. The highest BCUT2D eigenvalue weighted by molar-refractivity contribution is 6.17. The Balaban J connectivity index is 2.17. The highest BCUT2D eigenvalue weighted by Gasteiger charge is 2.02. The van der Waals surface area contributed by atoms with Crippen LogP contribution in [0.15, 0.2) is 42.5 Å². The van der Waals surface area contributed by atoms with Gasteiger partial charge in [0.15, 0.2) is 0 Å². The Morgan fingerprint density at radius 1 is 1.00 bits per heavy atom. The number of benzene rings is 2. The van der Waals surface area contributed by atoms with E-state index in [1.807, 2.05) is 49.4 Å². The maximum absolute atomic E-state index is 5.75. The van der Waals surface area contributed by atoms with Crippen molar-refractivity contribution in [2.45, 2.75) is 12.8 Å². The third kappa shape index (κ3) is 2.96. The predicted molar refractivity (Wildman–Crippen MR) is 73.8 cm³/mol. The molecule has 0 radical (unpaired) electrons. The zero-order chi connectivity index (χ0) is 13.0. The number of halogens is 1. The lowest BCUT2D eigenvalue weighted by molar-refractivity contribution is 0.406. The number of hydrogen-bond acceptors (Lipinski definition) is 2. The molecule has 0 bridgehead atoms. The second kappa shape index (κ2) is 5.78. The quantitative estimate of drug-likeness (QED) is 0.754. The average Bonchev–Trinajstić information content (AvgIpc) is 2.42. The van der Waals surface area contributed by atoms with E-state index >= 15 is 0 Å². The Morgan fingerprint density at radius 3 is 2.28 bits per heavy atom. The second-order valence-electron chi connectivity index (χ2n) is 4.01. The lowest BCUT2D eigenvalue weighted by atomic mass is 10.2. The third-order valence-electron chi connectivity index (χ3n) is 2.69. The monoisotopic (exact) mass is 262 g/mol. The number of methoxy groups -OCH3 is 1. The molecule has 2 rings (SSSR count). The van der Waals surface area contributed by atoms with Crippen LogP contribution in [0.3, 0.4) is 0 Å². The van der Waals surface area contributed by atoms with E-state index in [9.17, 15) is 0 Å². The molecule has 0 aliphatic carbocycles. The molecule has 0 aliphatic heterocycles. The molecule has 2 nitrogen and oxygen atoms in total. The standard InChI is InChI=1S/C15H15ClO2/c1-11-3-6-14(9-15(11)17-2)18-13-7-4-12(10-16)5-8-13/h3-9H,10H2,1-2H3. The number of ether oxygens (including phenoxy) is 2.